The zero-order valence-electron chi connectivity index (χ0n) is 13.7. The molecule has 1 amide bonds. The Kier molecular flexibility index (Phi) is 6.25. The molecule has 1 atom stereocenters. The minimum atomic E-state index is -0.475. The van der Waals surface area contributed by atoms with Crippen LogP contribution in [0.3, 0.4) is 0 Å². The van der Waals surface area contributed by atoms with Crippen molar-refractivity contribution in [1.29, 1.82) is 0 Å². The summed E-state index contributed by atoms with van der Waals surface area (Å²) < 4.78 is 0. The lowest BCUT2D eigenvalue weighted by atomic mass is 10.1. The van der Waals surface area contributed by atoms with Crippen LogP contribution in [-0.2, 0) is 0 Å². The molecule has 22 heavy (non-hydrogen) atoms. The molecule has 4 nitrogen and oxygen atoms in total. The number of piperidine rings is 1. The molecule has 122 valence electrons. The normalized spacial score (nSPS) is 16.6. The topological polar surface area (TPSA) is 52.6 Å². The zero-order valence-corrected chi connectivity index (χ0v) is 13.7. The molecule has 1 aromatic rings. The van der Waals surface area contributed by atoms with Crippen LogP contribution in [0.15, 0.2) is 24.3 Å². The highest BCUT2D eigenvalue weighted by atomic mass is 16.3. The third-order valence-electron chi connectivity index (χ3n) is 4.09. The highest BCUT2D eigenvalue weighted by Crippen LogP contribution is 2.20. The highest BCUT2D eigenvalue weighted by molar-refractivity contribution is 5.94. The highest BCUT2D eigenvalue weighted by Gasteiger charge is 2.13. The van der Waals surface area contributed by atoms with Gasteiger partial charge in [0, 0.05) is 30.9 Å². The molecule has 0 radical (unpaired) electrons. The zero-order chi connectivity index (χ0) is 15.9. The van der Waals surface area contributed by atoms with Gasteiger partial charge >= 0.3 is 0 Å². The van der Waals surface area contributed by atoms with Crippen LogP contribution in [0, 0.1) is 5.92 Å². The number of aliphatic hydroxyl groups is 1. The number of anilines is 1. The Morgan fingerprint density at radius 3 is 2.41 bits per heavy atom. The van der Waals surface area contributed by atoms with E-state index in [4.69, 9.17) is 0 Å². The number of hydrogen-bond acceptors (Lipinski definition) is 3. The summed E-state index contributed by atoms with van der Waals surface area (Å²) in [6.45, 7) is 6.64. The Balaban J connectivity index is 1.85. The number of rotatable bonds is 6. The molecule has 0 saturated carbocycles. The van der Waals surface area contributed by atoms with Gasteiger partial charge in [0.15, 0.2) is 0 Å². The molecule has 1 aliphatic heterocycles. The number of nitrogens with one attached hydrogen (secondary N) is 1. The van der Waals surface area contributed by atoms with Crippen molar-refractivity contribution < 1.29 is 9.90 Å². The molecule has 1 fully saturated rings. The van der Waals surface area contributed by atoms with Crippen molar-refractivity contribution in [3.63, 3.8) is 0 Å². The van der Waals surface area contributed by atoms with Crippen LogP contribution in [-0.4, -0.2) is 36.8 Å². The third kappa shape index (κ3) is 5.02. The van der Waals surface area contributed by atoms with Gasteiger partial charge in [0.1, 0.15) is 0 Å². The molecule has 0 spiro atoms. The van der Waals surface area contributed by atoms with Crippen LogP contribution in [0.2, 0.25) is 0 Å². The maximum atomic E-state index is 12.1. The predicted molar refractivity (Wildman–Crippen MR) is 90.3 cm³/mol. The largest absolute Gasteiger partial charge is 0.391 e. The van der Waals surface area contributed by atoms with Gasteiger partial charge in [0.2, 0.25) is 0 Å². The summed E-state index contributed by atoms with van der Waals surface area (Å²) in [6.07, 6.45) is 4.03. The van der Waals surface area contributed by atoms with E-state index in [-0.39, 0.29) is 5.91 Å². The summed E-state index contributed by atoms with van der Waals surface area (Å²) in [6, 6.07) is 7.78. The SMILES string of the molecule is CC(C)CC(O)CNC(=O)c1ccc(N2CCCCC2)cc1. The van der Waals surface area contributed by atoms with Crippen LogP contribution in [0.5, 0.6) is 0 Å². The molecular formula is C18H28N2O2. The fourth-order valence-corrected chi connectivity index (χ4v) is 2.92. The molecule has 1 unspecified atom stereocenters. The number of aliphatic hydroxyl groups excluding tert-OH is 1. The van der Waals surface area contributed by atoms with Gasteiger partial charge in [-0.15, -0.1) is 0 Å². The minimum Gasteiger partial charge on any atom is -0.391 e. The number of benzene rings is 1. The molecule has 1 saturated heterocycles. The number of amides is 1. The Bertz CT molecular complexity index is 464. The molecule has 0 aliphatic carbocycles. The van der Waals surface area contributed by atoms with Crippen molar-refractivity contribution in [2.24, 2.45) is 5.92 Å². The molecule has 1 aliphatic rings. The van der Waals surface area contributed by atoms with Crippen molar-refractivity contribution in [3.8, 4) is 0 Å². The second kappa shape index (κ2) is 8.18. The van der Waals surface area contributed by atoms with Crippen LogP contribution >= 0.6 is 0 Å². The average molecular weight is 304 g/mol. The van der Waals surface area contributed by atoms with E-state index in [0.717, 1.165) is 13.1 Å². The smallest absolute Gasteiger partial charge is 0.251 e. The fraction of sp³-hybridized carbons (Fsp3) is 0.611. The van der Waals surface area contributed by atoms with E-state index >= 15 is 0 Å². The van der Waals surface area contributed by atoms with Crippen LogP contribution < -0.4 is 10.2 Å². The van der Waals surface area contributed by atoms with E-state index in [9.17, 15) is 9.90 Å². The molecule has 4 heteroatoms. The second-order valence-corrected chi connectivity index (χ2v) is 6.59. The first-order valence-electron chi connectivity index (χ1n) is 8.37. The summed E-state index contributed by atoms with van der Waals surface area (Å²) in [5, 5.41) is 12.6. The van der Waals surface area contributed by atoms with Crippen molar-refractivity contribution >= 4 is 11.6 Å². The van der Waals surface area contributed by atoms with Crippen molar-refractivity contribution in [1.82, 2.24) is 5.32 Å². The molecule has 0 bridgehead atoms. The molecular weight excluding hydrogens is 276 g/mol. The number of carbonyl (C=O) groups excluding carboxylic acids is 1. The van der Waals surface area contributed by atoms with E-state index in [0.29, 0.717) is 24.4 Å². The van der Waals surface area contributed by atoms with Crippen LogP contribution in [0.1, 0.15) is 49.9 Å². The van der Waals surface area contributed by atoms with E-state index in [1.807, 2.05) is 24.3 Å². The third-order valence-corrected chi connectivity index (χ3v) is 4.09. The quantitative estimate of drug-likeness (QED) is 0.849. The Morgan fingerprint density at radius 1 is 1.18 bits per heavy atom. The summed E-state index contributed by atoms with van der Waals surface area (Å²) >= 11 is 0. The Hall–Kier alpha value is -1.55. The lowest BCUT2D eigenvalue weighted by Crippen LogP contribution is -2.33. The van der Waals surface area contributed by atoms with E-state index in [1.165, 1.54) is 24.9 Å². The first-order valence-corrected chi connectivity index (χ1v) is 8.37. The van der Waals surface area contributed by atoms with Gasteiger partial charge in [-0.1, -0.05) is 13.8 Å². The van der Waals surface area contributed by atoms with Crippen molar-refractivity contribution in [2.75, 3.05) is 24.5 Å². The van der Waals surface area contributed by atoms with E-state index in [1.54, 1.807) is 0 Å². The summed E-state index contributed by atoms with van der Waals surface area (Å²) in [5.41, 5.74) is 1.84. The fourth-order valence-electron chi connectivity index (χ4n) is 2.92. The van der Waals surface area contributed by atoms with Gasteiger partial charge in [-0.2, -0.15) is 0 Å². The molecule has 0 aromatic heterocycles. The number of hydrogen-bond donors (Lipinski definition) is 2. The Morgan fingerprint density at radius 2 is 1.82 bits per heavy atom. The maximum absolute atomic E-state index is 12.1. The van der Waals surface area contributed by atoms with E-state index < -0.39 is 6.10 Å². The lowest BCUT2D eigenvalue weighted by molar-refractivity contribution is 0.0900. The summed E-state index contributed by atoms with van der Waals surface area (Å²) in [5.74, 6) is 0.309. The maximum Gasteiger partial charge on any atom is 0.251 e. The van der Waals surface area contributed by atoms with E-state index in [2.05, 4.69) is 24.1 Å². The first-order chi connectivity index (χ1) is 10.6. The number of nitrogens with zero attached hydrogens (tertiary/aromatic N) is 1. The van der Waals surface area contributed by atoms with Crippen LogP contribution in [0.25, 0.3) is 0 Å². The molecule has 1 heterocycles. The summed E-state index contributed by atoms with van der Waals surface area (Å²) in [4.78, 5) is 14.5. The number of carbonyl (C=O) groups is 1. The predicted octanol–water partition coefficient (Wildman–Crippen LogP) is 2.81. The first kappa shape index (κ1) is 16.8. The van der Waals surface area contributed by atoms with Gasteiger partial charge in [-0.05, 0) is 55.9 Å². The monoisotopic (exact) mass is 304 g/mol. The van der Waals surface area contributed by atoms with Gasteiger partial charge in [-0.3, -0.25) is 4.79 Å². The Labute approximate surface area is 133 Å². The standard InChI is InChI=1S/C18H28N2O2/c1-14(2)12-17(21)13-19-18(22)15-6-8-16(9-7-15)20-10-4-3-5-11-20/h6-9,14,17,21H,3-5,10-13H2,1-2H3,(H,19,22). The van der Waals surface area contributed by atoms with Crippen molar-refractivity contribution in [3.05, 3.63) is 29.8 Å². The average Bonchev–Trinajstić information content (AvgIpc) is 2.53. The second-order valence-electron chi connectivity index (χ2n) is 6.59. The van der Waals surface area contributed by atoms with Gasteiger partial charge in [0.05, 0.1) is 6.10 Å². The van der Waals surface area contributed by atoms with Crippen LogP contribution in [0.4, 0.5) is 5.69 Å². The van der Waals surface area contributed by atoms with Crippen molar-refractivity contribution in [2.45, 2.75) is 45.6 Å². The van der Waals surface area contributed by atoms with Gasteiger partial charge in [-0.25, -0.2) is 0 Å². The molecule has 2 rings (SSSR count). The molecule has 1 aromatic carbocycles. The van der Waals surface area contributed by atoms with Gasteiger partial charge < -0.3 is 15.3 Å². The molecule has 2 N–H and O–H groups in total. The van der Waals surface area contributed by atoms with Gasteiger partial charge in [0.25, 0.3) is 5.91 Å². The summed E-state index contributed by atoms with van der Waals surface area (Å²) in [7, 11) is 0. The minimum absolute atomic E-state index is 0.118. The lowest BCUT2D eigenvalue weighted by Gasteiger charge is -2.28.